The SMILES string of the molecule is [C-]#[N+]c1cc(-c2nc(-c3ccccc3)nc(-c3cccc4oc5ccccc5c34)n2)c(-n2c3ccc(-c4ccccc4)cc3c3c4oc5ccc(-c6ccccc6)cc5c4ccc32)c(-n2c3ccc(-c4ccccc4)cc3c3c4oc5ccc(-c6ccccc6)cc5c4ccc32)c1-c1ccccc1. The Morgan fingerprint density at radius 2 is 0.650 bits per heavy atom. The highest BCUT2D eigenvalue weighted by Gasteiger charge is 2.33. The van der Waals surface area contributed by atoms with E-state index >= 15 is 0 Å². The highest BCUT2D eigenvalue weighted by atomic mass is 16.3. The van der Waals surface area contributed by atoms with Crippen molar-refractivity contribution in [3.63, 3.8) is 0 Å². The molecule has 0 N–H and O–H groups in total. The quantitative estimate of drug-likeness (QED) is 0.127. The Morgan fingerprint density at radius 1 is 0.252 bits per heavy atom. The van der Waals surface area contributed by atoms with E-state index in [0.717, 1.165) is 171 Å². The third kappa shape index (κ3) is 9.08. The van der Waals surface area contributed by atoms with Gasteiger partial charge in [-0.05, 0) is 141 Å². The molecule has 0 fully saturated rings. The summed E-state index contributed by atoms with van der Waals surface area (Å²) in [6.07, 6.45) is 0. The molecule has 0 atom stereocenters. The van der Waals surface area contributed by atoms with E-state index in [1.807, 2.05) is 72.8 Å². The summed E-state index contributed by atoms with van der Waals surface area (Å²) in [5.41, 5.74) is 22.2. The van der Waals surface area contributed by atoms with Crippen LogP contribution in [0.4, 0.5) is 5.69 Å². The molecule has 6 aromatic heterocycles. The van der Waals surface area contributed by atoms with E-state index in [2.05, 4.69) is 269 Å². The number of nitrogens with zero attached hydrogens (tertiary/aromatic N) is 6. The maximum atomic E-state index is 9.66. The third-order valence-corrected chi connectivity index (χ3v) is 20.6. The van der Waals surface area contributed by atoms with Crippen molar-refractivity contribution < 1.29 is 13.3 Å². The van der Waals surface area contributed by atoms with Crippen LogP contribution in [0.3, 0.4) is 0 Å². The zero-order valence-electron chi connectivity index (χ0n) is 55.1. The highest BCUT2D eigenvalue weighted by Crippen LogP contribution is 2.53. The fourth-order valence-corrected chi connectivity index (χ4v) is 15.9. The molecule has 0 amide bonds. The van der Waals surface area contributed by atoms with E-state index in [-0.39, 0.29) is 0 Å². The zero-order chi connectivity index (χ0) is 67.8. The van der Waals surface area contributed by atoms with Crippen molar-refractivity contribution in [1.82, 2.24) is 24.1 Å². The molecule has 15 aromatic carbocycles. The van der Waals surface area contributed by atoms with Crippen LogP contribution in [0.2, 0.25) is 0 Å². The molecule has 0 saturated heterocycles. The second-order valence-electron chi connectivity index (χ2n) is 26.3. The predicted octanol–water partition coefficient (Wildman–Crippen LogP) is 25.7. The second-order valence-corrected chi connectivity index (χ2v) is 26.3. The fraction of sp³-hybridized carbons (Fsp3) is 0. The third-order valence-electron chi connectivity index (χ3n) is 20.6. The molecule has 0 bridgehead atoms. The topological polar surface area (TPSA) is 92.3 Å². The Balaban J connectivity index is 0.963. The normalized spacial score (nSPS) is 11.9. The lowest BCUT2D eigenvalue weighted by atomic mass is 9.95. The molecule has 0 aliphatic carbocycles. The van der Waals surface area contributed by atoms with Crippen molar-refractivity contribution >= 4 is 115 Å². The number of benzene rings is 15. The molecule has 0 saturated carbocycles. The Kier molecular flexibility index (Phi) is 12.9. The number of hydrogen-bond acceptors (Lipinski definition) is 6. The van der Waals surface area contributed by atoms with Crippen LogP contribution in [-0.4, -0.2) is 24.1 Å². The first-order valence-electron chi connectivity index (χ1n) is 34.5. The summed E-state index contributed by atoms with van der Waals surface area (Å²) >= 11 is 0. The molecule has 103 heavy (non-hydrogen) atoms. The molecule has 6 heterocycles. The monoisotopic (exact) mass is 1310 g/mol. The van der Waals surface area contributed by atoms with Gasteiger partial charge in [0.1, 0.15) is 33.5 Å². The highest BCUT2D eigenvalue weighted by molar-refractivity contribution is 6.27. The maximum Gasteiger partial charge on any atom is 0.197 e. The number of fused-ring (bicyclic) bond motifs is 17. The molecule has 21 aromatic rings. The first-order valence-corrected chi connectivity index (χ1v) is 34.5. The number of furan rings is 3. The van der Waals surface area contributed by atoms with Gasteiger partial charge in [-0.25, -0.2) is 19.8 Å². The van der Waals surface area contributed by atoms with Gasteiger partial charge < -0.3 is 22.4 Å². The van der Waals surface area contributed by atoms with Crippen molar-refractivity contribution in [3.8, 4) is 101 Å². The number of para-hydroxylation sites is 1. The maximum absolute atomic E-state index is 9.66. The Bertz CT molecular complexity index is 7090. The minimum absolute atomic E-state index is 0.351. The Hall–Kier alpha value is -14.2. The molecule has 9 heteroatoms. The van der Waals surface area contributed by atoms with Crippen LogP contribution in [0.1, 0.15) is 0 Å². The lowest BCUT2D eigenvalue weighted by molar-refractivity contribution is 0.669. The molecule has 0 aliphatic rings. The molecule has 478 valence electrons. The summed E-state index contributed by atoms with van der Waals surface area (Å²) in [5, 5.41) is 9.57. The average Bonchev–Trinajstić information content (AvgIpc) is 1.56. The van der Waals surface area contributed by atoms with Gasteiger partial charge in [-0.2, -0.15) is 0 Å². The summed E-state index contributed by atoms with van der Waals surface area (Å²) < 4.78 is 26.0. The predicted molar refractivity (Wildman–Crippen MR) is 420 cm³/mol. The van der Waals surface area contributed by atoms with Gasteiger partial charge >= 0.3 is 0 Å². The Morgan fingerprint density at radius 3 is 1.16 bits per heavy atom. The molecular formula is C94H54N6O3. The molecule has 21 rings (SSSR count). The Labute approximate surface area is 589 Å². The smallest absolute Gasteiger partial charge is 0.197 e. The molecule has 0 aliphatic heterocycles. The van der Waals surface area contributed by atoms with Crippen LogP contribution in [0.25, 0.3) is 215 Å². The van der Waals surface area contributed by atoms with Gasteiger partial charge in [0, 0.05) is 65.3 Å². The second kappa shape index (κ2) is 22.9. The lowest BCUT2D eigenvalue weighted by Crippen LogP contribution is -2.10. The number of rotatable bonds is 10. The molecule has 9 nitrogen and oxygen atoms in total. The van der Waals surface area contributed by atoms with E-state index in [0.29, 0.717) is 45.6 Å². The molecule has 0 radical (unpaired) electrons. The van der Waals surface area contributed by atoms with Gasteiger partial charge in [0.2, 0.25) is 0 Å². The standard InChI is InChI=1S/C94H54N6O3/c1-95-75-55-74(94-97-92(61-33-18-7-19-34-61)96-93(98-94)69-36-22-38-83-85(69)68-35-20-21-37-80(68)101-83)88(99-76-45-39-62(56-23-8-2-9-24-56)53-72(76)86-78(99)47-43-66-70-51-64(58-27-12-4-13-28-58)41-49-81(70)102-90(66)86)89(84(75)60-31-16-6-17-32-60)100-77-46-40-63(57-25-10-3-11-26-57)54-73(77)87-79(100)48-44-67-71-52-65(59-29-14-5-15-30-59)42-50-82(71)103-91(67)87/h2-55H. The summed E-state index contributed by atoms with van der Waals surface area (Å²) in [6, 6.07) is 114. The number of hydrogen-bond donors (Lipinski definition) is 0. The van der Waals surface area contributed by atoms with Crippen LogP contribution in [0, 0.1) is 6.57 Å². The van der Waals surface area contributed by atoms with Gasteiger partial charge in [0.05, 0.1) is 50.8 Å². The average molecular weight is 1320 g/mol. The van der Waals surface area contributed by atoms with Crippen LogP contribution >= 0.6 is 0 Å². The minimum Gasteiger partial charge on any atom is -0.456 e. The summed E-state index contributed by atoms with van der Waals surface area (Å²) in [7, 11) is 0. The van der Waals surface area contributed by atoms with E-state index in [4.69, 9.17) is 28.2 Å². The van der Waals surface area contributed by atoms with Crippen molar-refractivity contribution in [1.29, 1.82) is 0 Å². The van der Waals surface area contributed by atoms with Gasteiger partial charge in [-0.3, -0.25) is 0 Å². The van der Waals surface area contributed by atoms with E-state index in [9.17, 15) is 6.57 Å². The van der Waals surface area contributed by atoms with Crippen LogP contribution in [0.15, 0.2) is 341 Å². The van der Waals surface area contributed by atoms with Crippen molar-refractivity contribution in [2.75, 3.05) is 0 Å². The minimum atomic E-state index is 0.351. The van der Waals surface area contributed by atoms with E-state index in [1.165, 1.54) is 0 Å². The van der Waals surface area contributed by atoms with Crippen LogP contribution in [-0.2, 0) is 0 Å². The molecular weight excluding hydrogens is 1260 g/mol. The van der Waals surface area contributed by atoms with Crippen molar-refractivity contribution in [2.45, 2.75) is 0 Å². The fourth-order valence-electron chi connectivity index (χ4n) is 15.9. The first kappa shape index (κ1) is 57.8. The largest absolute Gasteiger partial charge is 0.456 e. The van der Waals surface area contributed by atoms with E-state index < -0.39 is 0 Å². The zero-order valence-corrected chi connectivity index (χ0v) is 55.1. The lowest BCUT2D eigenvalue weighted by Gasteiger charge is -2.25. The van der Waals surface area contributed by atoms with Gasteiger partial charge in [0.25, 0.3) is 0 Å². The van der Waals surface area contributed by atoms with Gasteiger partial charge in [-0.1, -0.05) is 237 Å². The van der Waals surface area contributed by atoms with Crippen molar-refractivity contribution in [2.24, 2.45) is 0 Å². The van der Waals surface area contributed by atoms with Crippen LogP contribution < -0.4 is 0 Å². The number of aromatic nitrogens is 5. The van der Waals surface area contributed by atoms with Gasteiger partial charge in [-0.15, -0.1) is 0 Å². The van der Waals surface area contributed by atoms with Crippen molar-refractivity contribution in [3.05, 3.63) is 339 Å². The molecule has 0 unspecified atom stereocenters. The van der Waals surface area contributed by atoms with E-state index in [1.54, 1.807) is 0 Å². The summed E-state index contributed by atoms with van der Waals surface area (Å²) in [6.45, 7) is 9.66. The summed E-state index contributed by atoms with van der Waals surface area (Å²) in [4.78, 5) is 21.6. The van der Waals surface area contributed by atoms with Crippen LogP contribution in [0.5, 0.6) is 0 Å². The van der Waals surface area contributed by atoms with Gasteiger partial charge in [0.15, 0.2) is 23.2 Å². The molecule has 0 spiro atoms. The first-order chi connectivity index (χ1) is 51.0. The summed E-state index contributed by atoms with van der Waals surface area (Å²) in [5.74, 6) is 1.24.